The van der Waals surface area contributed by atoms with Crippen molar-refractivity contribution in [2.75, 3.05) is 12.3 Å². The van der Waals surface area contributed by atoms with E-state index >= 15 is 0 Å². The average molecular weight is 227 g/mol. The van der Waals surface area contributed by atoms with Gasteiger partial charge in [0.2, 0.25) is 0 Å². The molecule has 1 aliphatic rings. The van der Waals surface area contributed by atoms with Crippen molar-refractivity contribution in [1.82, 2.24) is 0 Å². The van der Waals surface area contributed by atoms with Crippen molar-refractivity contribution in [2.24, 2.45) is 0 Å². The van der Waals surface area contributed by atoms with Crippen LogP contribution in [-0.4, -0.2) is 12.5 Å². The smallest absolute Gasteiger partial charge is 0.278 e. The van der Waals surface area contributed by atoms with Gasteiger partial charge in [-0.25, -0.2) is 8.78 Å². The van der Waals surface area contributed by atoms with Gasteiger partial charge in [-0.05, 0) is 42.5 Å². The van der Waals surface area contributed by atoms with Crippen molar-refractivity contribution in [3.8, 4) is 5.75 Å². The summed E-state index contributed by atoms with van der Waals surface area (Å²) in [6.45, 7) is 0.262. The molecule has 16 heavy (non-hydrogen) atoms. The zero-order valence-electron chi connectivity index (χ0n) is 9.17. The highest BCUT2D eigenvalue weighted by atomic mass is 19.3. The molecule has 0 heterocycles. The normalized spacial score (nSPS) is 16.2. The fraction of sp³-hybridized carbons (Fsp3) is 0.500. The van der Waals surface area contributed by atoms with E-state index in [4.69, 9.17) is 10.5 Å². The number of alkyl halides is 2. The molecule has 0 bridgehead atoms. The van der Waals surface area contributed by atoms with E-state index in [0.717, 1.165) is 25.3 Å². The lowest BCUT2D eigenvalue weighted by Gasteiger charge is -2.15. The van der Waals surface area contributed by atoms with Crippen LogP contribution in [0.4, 0.5) is 14.5 Å². The SMILES string of the molecule is CC(F)(F)COc1ccc(N)cc1C1CC1. The van der Waals surface area contributed by atoms with Gasteiger partial charge in [-0.15, -0.1) is 0 Å². The molecule has 2 N–H and O–H groups in total. The second-order valence-corrected chi connectivity index (χ2v) is 4.43. The summed E-state index contributed by atoms with van der Waals surface area (Å²) in [7, 11) is 0. The molecule has 2 nitrogen and oxygen atoms in total. The third-order valence-electron chi connectivity index (χ3n) is 2.53. The molecule has 1 aromatic rings. The number of hydrogen-bond acceptors (Lipinski definition) is 2. The van der Waals surface area contributed by atoms with E-state index in [2.05, 4.69) is 0 Å². The molecule has 0 atom stereocenters. The van der Waals surface area contributed by atoms with Crippen LogP contribution in [0, 0.1) is 0 Å². The fourth-order valence-electron chi connectivity index (χ4n) is 1.62. The number of benzene rings is 1. The number of anilines is 1. The molecule has 0 spiro atoms. The Balaban J connectivity index is 2.13. The van der Waals surface area contributed by atoms with Gasteiger partial charge in [-0.3, -0.25) is 0 Å². The van der Waals surface area contributed by atoms with Crippen molar-refractivity contribution in [3.63, 3.8) is 0 Å². The van der Waals surface area contributed by atoms with Crippen LogP contribution >= 0.6 is 0 Å². The van der Waals surface area contributed by atoms with Crippen LogP contribution < -0.4 is 10.5 Å². The molecule has 88 valence electrons. The molecule has 0 aromatic heterocycles. The monoisotopic (exact) mass is 227 g/mol. The highest BCUT2D eigenvalue weighted by molar-refractivity contribution is 5.50. The maximum Gasteiger partial charge on any atom is 0.278 e. The molecule has 1 fully saturated rings. The van der Waals surface area contributed by atoms with Gasteiger partial charge in [0.05, 0.1) is 0 Å². The van der Waals surface area contributed by atoms with E-state index in [-0.39, 0.29) is 0 Å². The molecule has 0 amide bonds. The van der Waals surface area contributed by atoms with Crippen molar-refractivity contribution >= 4 is 5.69 Å². The van der Waals surface area contributed by atoms with E-state index < -0.39 is 12.5 Å². The molecule has 1 aliphatic carbocycles. The quantitative estimate of drug-likeness (QED) is 0.802. The number of nitrogen functional groups attached to an aromatic ring is 1. The third kappa shape index (κ3) is 2.84. The zero-order valence-corrected chi connectivity index (χ0v) is 9.17. The highest BCUT2D eigenvalue weighted by Crippen LogP contribution is 2.45. The Morgan fingerprint density at radius 3 is 2.69 bits per heavy atom. The Morgan fingerprint density at radius 1 is 1.44 bits per heavy atom. The summed E-state index contributed by atoms with van der Waals surface area (Å²) in [6, 6.07) is 5.17. The third-order valence-corrected chi connectivity index (χ3v) is 2.53. The zero-order chi connectivity index (χ0) is 11.8. The Hall–Kier alpha value is -1.32. The van der Waals surface area contributed by atoms with Crippen LogP contribution in [0.5, 0.6) is 5.75 Å². The maximum absolute atomic E-state index is 12.7. The summed E-state index contributed by atoms with van der Waals surface area (Å²) < 4.78 is 30.5. The van der Waals surface area contributed by atoms with Crippen LogP contribution in [-0.2, 0) is 0 Å². The van der Waals surface area contributed by atoms with E-state index in [1.165, 1.54) is 0 Å². The van der Waals surface area contributed by atoms with E-state index in [9.17, 15) is 8.78 Å². The van der Waals surface area contributed by atoms with Crippen LogP contribution in [0.3, 0.4) is 0 Å². The first-order chi connectivity index (χ1) is 7.46. The Morgan fingerprint density at radius 2 is 2.12 bits per heavy atom. The van der Waals surface area contributed by atoms with Crippen molar-refractivity contribution in [3.05, 3.63) is 23.8 Å². The van der Waals surface area contributed by atoms with Gasteiger partial charge in [0.25, 0.3) is 5.92 Å². The average Bonchev–Trinajstić information content (AvgIpc) is 2.97. The van der Waals surface area contributed by atoms with Gasteiger partial charge in [0.15, 0.2) is 6.61 Å². The summed E-state index contributed by atoms with van der Waals surface area (Å²) in [5, 5.41) is 0. The number of hydrogen-bond donors (Lipinski definition) is 1. The van der Waals surface area contributed by atoms with Gasteiger partial charge >= 0.3 is 0 Å². The molecule has 0 aliphatic heterocycles. The molecule has 0 saturated heterocycles. The van der Waals surface area contributed by atoms with Gasteiger partial charge in [0.1, 0.15) is 5.75 Å². The second-order valence-electron chi connectivity index (χ2n) is 4.43. The minimum Gasteiger partial charge on any atom is -0.487 e. The minimum absolute atomic E-state index is 0.434. The summed E-state index contributed by atoms with van der Waals surface area (Å²) in [4.78, 5) is 0. The summed E-state index contributed by atoms with van der Waals surface area (Å²) in [6.07, 6.45) is 2.17. The number of nitrogens with two attached hydrogens (primary N) is 1. The predicted octanol–water partition coefficient (Wildman–Crippen LogP) is 3.18. The number of rotatable bonds is 4. The number of halogens is 2. The molecule has 4 heteroatoms. The van der Waals surface area contributed by atoms with Crippen molar-refractivity contribution in [2.45, 2.75) is 31.6 Å². The van der Waals surface area contributed by atoms with Crippen molar-refractivity contribution in [1.29, 1.82) is 0 Å². The molecular formula is C12H15F2NO. The Bertz CT molecular complexity index is 383. The summed E-state index contributed by atoms with van der Waals surface area (Å²) in [5.41, 5.74) is 7.28. The van der Waals surface area contributed by atoms with Gasteiger partial charge in [-0.2, -0.15) is 0 Å². The Labute approximate surface area is 93.4 Å². The largest absolute Gasteiger partial charge is 0.487 e. The first kappa shape index (κ1) is 11.2. The fourth-order valence-corrected chi connectivity index (χ4v) is 1.62. The van der Waals surface area contributed by atoms with E-state index in [0.29, 0.717) is 17.4 Å². The van der Waals surface area contributed by atoms with E-state index in [1.807, 2.05) is 6.07 Å². The predicted molar refractivity (Wildman–Crippen MR) is 58.9 cm³/mol. The van der Waals surface area contributed by atoms with Crippen LogP contribution in [0.15, 0.2) is 18.2 Å². The second kappa shape index (κ2) is 3.92. The lowest BCUT2D eigenvalue weighted by Crippen LogP contribution is -2.21. The molecule has 1 saturated carbocycles. The summed E-state index contributed by atoms with van der Waals surface area (Å²) in [5.74, 6) is -1.83. The maximum atomic E-state index is 12.7. The standard InChI is InChI=1S/C12H15F2NO/c1-12(13,14)7-16-11-5-4-9(15)6-10(11)8-2-3-8/h4-6,8H,2-3,7,15H2,1H3. The molecule has 1 aromatic carbocycles. The van der Waals surface area contributed by atoms with Gasteiger partial charge in [-0.1, -0.05) is 0 Å². The van der Waals surface area contributed by atoms with Crippen molar-refractivity contribution < 1.29 is 13.5 Å². The first-order valence-corrected chi connectivity index (χ1v) is 5.36. The van der Waals surface area contributed by atoms with E-state index in [1.54, 1.807) is 12.1 Å². The first-order valence-electron chi connectivity index (χ1n) is 5.36. The highest BCUT2D eigenvalue weighted by Gasteiger charge is 2.28. The molecule has 0 radical (unpaired) electrons. The summed E-state index contributed by atoms with van der Waals surface area (Å²) >= 11 is 0. The van der Waals surface area contributed by atoms with Gasteiger partial charge in [0, 0.05) is 12.6 Å². The molecule has 0 unspecified atom stereocenters. The van der Waals surface area contributed by atoms with Gasteiger partial charge < -0.3 is 10.5 Å². The van der Waals surface area contributed by atoms with Crippen LogP contribution in [0.1, 0.15) is 31.2 Å². The lowest BCUT2D eigenvalue weighted by atomic mass is 10.1. The molecule has 2 rings (SSSR count). The topological polar surface area (TPSA) is 35.2 Å². The van der Waals surface area contributed by atoms with Crippen LogP contribution in [0.2, 0.25) is 0 Å². The minimum atomic E-state index is -2.80. The molecular weight excluding hydrogens is 212 g/mol. The Kier molecular flexibility index (Phi) is 2.74. The van der Waals surface area contributed by atoms with Crippen LogP contribution in [0.25, 0.3) is 0 Å². The number of ether oxygens (including phenoxy) is 1. The lowest BCUT2D eigenvalue weighted by molar-refractivity contribution is -0.0232.